The van der Waals surface area contributed by atoms with Gasteiger partial charge < -0.3 is 0 Å². The summed E-state index contributed by atoms with van der Waals surface area (Å²) in [6.45, 7) is 7.56. The highest BCUT2D eigenvalue weighted by molar-refractivity contribution is 5.86. The van der Waals surface area contributed by atoms with Crippen LogP contribution in [0, 0.1) is 5.92 Å². The van der Waals surface area contributed by atoms with Gasteiger partial charge in [0.25, 0.3) is 5.91 Å². The SMILES string of the molecule is C=CC(=O)NN1CCC(C)CC1. The lowest BCUT2D eigenvalue weighted by Gasteiger charge is -2.29. The third-order valence-corrected chi connectivity index (χ3v) is 2.24. The zero-order valence-electron chi connectivity index (χ0n) is 7.55. The smallest absolute Gasteiger partial charge is 0.257 e. The summed E-state index contributed by atoms with van der Waals surface area (Å²) in [6.07, 6.45) is 3.63. The van der Waals surface area contributed by atoms with Crippen molar-refractivity contribution in [3.8, 4) is 0 Å². The number of hydrazine groups is 1. The minimum Gasteiger partial charge on any atom is -0.285 e. The molecule has 0 aliphatic carbocycles. The van der Waals surface area contributed by atoms with E-state index in [1.165, 1.54) is 6.08 Å². The van der Waals surface area contributed by atoms with Gasteiger partial charge in [-0.15, -0.1) is 0 Å². The van der Waals surface area contributed by atoms with E-state index in [1.54, 1.807) is 0 Å². The van der Waals surface area contributed by atoms with E-state index in [0.29, 0.717) is 0 Å². The molecule has 0 aromatic rings. The summed E-state index contributed by atoms with van der Waals surface area (Å²) in [5, 5.41) is 1.96. The lowest BCUT2D eigenvalue weighted by atomic mass is 10.0. The summed E-state index contributed by atoms with van der Waals surface area (Å²) in [5.41, 5.74) is 2.77. The molecule has 12 heavy (non-hydrogen) atoms. The molecule has 3 heteroatoms. The molecule has 1 saturated heterocycles. The molecule has 0 atom stereocenters. The number of amides is 1. The first-order valence-electron chi connectivity index (χ1n) is 4.40. The molecule has 1 aliphatic heterocycles. The van der Waals surface area contributed by atoms with Crippen molar-refractivity contribution in [1.82, 2.24) is 10.4 Å². The maximum atomic E-state index is 10.9. The number of hydrogen-bond acceptors (Lipinski definition) is 2. The minimum atomic E-state index is -0.107. The Morgan fingerprint density at radius 3 is 2.67 bits per heavy atom. The molecule has 0 radical (unpaired) electrons. The van der Waals surface area contributed by atoms with Crippen LogP contribution in [0.5, 0.6) is 0 Å². The minimum absolute atomic E-state index is 0.107. The van der Waals surface area contributed by atoms with E-state index in [4.69, 9.17) is 0 Å². The van der Waals surface area contributed by atoms with Crippen molar-refractivity contribution in [2.75, 3.05) is 13.1 Å². The highest BCUT2D eigenvalue weighted by Crippen LogP contribution is 2.13. The van der Waals surface area contributed by atoms with E-state index < -0.39 is 0 Å². The predicted octanol–water partition coefficient (Wildman–Crippen LogP) is 0.935. The van der Waals surface area contributed by atoms with Crippen LogP contribution in [0.1, 0.15) is 19.8 Å². The van der Waals surface area contributed by atoms with E-state index >= 15 is 0 Å². The van der Waals surface area contributed by atoms with Crippen LogP contribution in [0.2, 0.25) is 0 Å². The molecule has 0 unspecified atom stereocenters. The largest absolute Gasteiger partial charge is 0.285 e. The second kappa shape index (κ2) is 4.26. The fourth-order valence-corrected chi connectivity index (χ4v) is 1.32. The van der Waals surface area contributed by atoms with Crippen molar-refractivity contribution in [1.29, 1.82) is 0 Å². The van der Waals surface area contributed by atoms with E-state index in [9.17, 15) is 4.79 Å². The van der Waals surface area contributed by atoms with Gasteiger partial charge in [-0.1, -0.05) is 13.5 Å². The lowest BCUT2D eigenvalue weighted by Crippen LogP contribution is -2.45. The first-order chi connectivity index (χ1) is 5.72. The van der Waals surface area contributed by atoms with Crippen molar-refractivity contribution in [2.24, 2.45) is 5.92 Å². The summed E-state index contributed by atoms with van der Waals surface area (Å²) >= 11 is 0. The molecule has 1 aliphatic rings. The normalized spacial score (nSPS) is 20.4. The van der Waals surface area contributed by atoms with E-state index in [2.05, 4.69) is 18.9 Å². The van der Waals surface area contributed by atoms with E-state index in [0.717, 1.165) is 31.8 Å². The van der Waals surface area contributed by atoms with Crippen LogP contribution in [-0.2, 0) is 4.79 Å². The van der Waals surface area contributed by atoms with Crippen molar-refractivity contribution in [3.05, 3.63) is 12.7 Å². The summed E-state index contributed by atoms with van der Waals surface area (Å²) in [7, 11) is 0. The Kier molecular flexibility index (Phi) is 3.29. The fourth-order valence-electron chi connectivity index (χ4n) is 1.32. The number of rotatable bonds is 2. The Morgan fingerprint density at radius 1 is 1.58 bits per heavy atom. The first-order valence-corrected chi connectivity index (χ1v) is 4.40. The number of carbonyl (C=O) groups is 1. The molecule has 1 N–H and O–H groups in total. The highest BCUT2D eigenvalue weighted by atomic mass is 16.2. The van der Waals surface area contributed by atoms with Crippen molar-refractivity contribution >= 4 is 5.91 Å². The highest BCUT2D eigenvalue weighted by Gasteiger charge is 2.15. The molecule has 0 aromatic heterocycles. The molecular weight excluding hydrogens is 152 g/mol. The number of piperidine rings is 1. The second-order valence-corrected chi connectivity index (χ2v) is 3.35. The zero-order valence-corrected chi connectivity index (χ0v) is 7.55. The van der Waals surface area contributed by atoms with Crippen LogP contribution < -0.4 is 5.43 Å². The lowest BCUT2D eigenvalue weighted by molar-refractivity contribution is -0.121. The van der Waals surface area contributed by atoms with Crippen LogP contribution in [-0.4, -0.2) is 24.0 Å². The third-order valence-electron chi connectivity index (χ3n) is 2.24. The van der Waals surface area contributed by atoms with Gasteiger partial charge in [-0.05, 0) is 24.8 Å². The molecule has 3 nitrogen and oxygen atoms in total. The van der Waals surface area contributed by atoms with Gasteiger partial charge in [-0.3, -0.25) is 10.2 Å². The zero-order chi connectivity index (χ0) is 8.97. The standard InChI is InChI=1S/C9H16N2O/c1-3-9(12)10-11-6-4-8(2)5-7-11/h3,8H,1,4-7H2,2H3,(H,10,12). The van der Waals surface area contributed by atoms with Crippen LogP contribution in [0.25, 0.3) is 0 Å². The topological polar surface area (TPSA) is 32.3 Å². The average molecular weight is 168 g/mol. The molecule has 1 rings (SSSR count). The first kappa shape index (κ1) is 9.26. The van der Waals surface area contributed by atoms with Crippen LogP contribution in [0.15, 0.2) is 12.7 Å². The molecular formula is C9H16N2O. The van der Waals surface area contributed by atoms with E-state index in [-0.39, 0.29) is 5.91 Å². The fraction of sp³-hybridized carbons (Fsp3) is 0.667. The summed E-state index contributed by atoms with van der Waals surface area (Å²) < 4.78 is 0. The Balaban J connectivity index is 2.26. The molecule has 0 bridgehead atoms. The average Bonchev–Trinajstić information content (AvgIpc) is 2.09. The van der Waals surface area contributed by atoms with Gasteiger partial charge in [0.15, 0.2) is 0 Å². The predicted molar refractivity (Wildman–Crippen MR) is 48.3 cm³/mol. The van der Waals surface area contributed by atoms with Gasteiger partial charge in [0.05, 0.1) is 0 Å². The molecule has 0 saturated carbocycles. The molecule has 1 fully saturated rings. The van der Waals surface area contributed by atoms with Crippen molar-refractivity contribution < 1.29 is 4.79 Å². The van der Waals surface area contributed by atoms with Gasteiger partial charge in [0, 0.05) is 13.1 Å². The van der Waals surface area contributed by atoms with Crippen LogP contribution in [0.4, 0.5) is 0 Å². The van der Waals surface area contributed by atoms with Crippen molar-refractivity contribution in [2.45, 2.75) is 19.8 Å². The Hall–Kier alpha value is -0.830. The molecule has 1 heterocycles. The molecule has 0 spiro atoms. The summed E-state index contributed by atoms with van der Waals surface area (Å²) in [6, 6.07) is 0. The number of hydrogen-bond donors (Lipinski definition) is 1. The quantitative estimate of drug-likeness (QED) is 0.622. The van der Waals surface area contributed by atoms with Gasteiger partial charge in [-0.2, -0.15) is 0 Å². The van der Waals surface area contributed by atoms with E-state index in [1.807, 2.05) is 5.01 Å². The number of nitrogens with one attached hydrogen (secondary N) is 1. The van der Waals surface area contributed by atoms with Crippen molar-refractivity contribution in [3.63, 3.8) is 0 Å². The maximum absolute atomic E-state index is 10.9. The monoisotopic (exact) mass is 168 g/mol. The van der Waals surface area contributed by atoms with Crippen LogP contribution >= 0.6 is 0 Å². The van der Waals surface area contributed by atoms with Gasteiger partial charge in [0.1, 0.15) is 0 Å². The van der Waals surface area contributed by atoms with Crippen LogP contribution in [0.3, 0.4) is 0 Å². The second-order valence-electron chi connectivity index (χ2n) is 3.35. The Morgan fingerprint density at radius 2 is 2.17 bits per heavy atom. The van der Waals surface area contributed by atoms with Gasteiger partial charge in [0.2, 0.25) is 0 Å². The molecule has 0 aromatic carbocycles. The number of nitrogens with zero attached hydrogens (tertiary/aromatic N) is 1. The third kappa shape index (κ3) is 2.66. The molecule has 1 amide bonds. The molecule has 68 valence electrons. The Bertz CT molecular complexity index is 171. The van der Waals surface area contributed by atoms with Gasteiger partial charge >= 0.3 is 0 Å². The maximum Gasteiger partial charge on any atom is 0.257 e. The van der Waals surface area contributed by atoms with Gasteiger partial charge in [-0.25, -0.2) is 5.01 Å². The Labute approximate surface area is 73.4 Å². The summed E-state index contributed by atoms with van der Waals surface area (Å²) in [4.78, 5) is 10.9. The summed E-state index contributed by atoms with van der Waals surface area (Å²) in [5.74, 6) is 0.687. The number of carbonyl (C=O) groups excluding carboxylic acids is 1.